The largest absolute Gasteiger partial charge is 0.508 e. The molecule has 2 heterocycles. The van der Waals surface area contributed by atoms with E-state index in [9.17, 15) is 9.90 Å². The van der Waals surface area contributed by atoms with Crippen LogP contribution in [0.5, 0.6) is 11.5 Å². The standard InChI is InChI=1S/C20H16ClN3O3/c21-16-7-3-9-22-19(16)24-10-11-27-18-15(6-2-8-17(18)24)20(26)23-13-4-1-5-14(25)12-13/h1-9,12,25H,10-11H2,(H,23,26). The summed E-state index contributed by atoms with van der Waals surface area (Å²) in [5.41, 5.74) is 1.62. The summed E-state index contributed by atoms with van der Waals surface area (Å²) < 4.78 is 5.81. The number of amides is 1. The Morgan fingerprint density at radius 3 is 2.85 bits per heavy atom. The number of nitrogens with zero attached hydrogens (tertiary/aromatic N) is 2. The van der Waals surface area contributed by atoms with Crippen molar-refractivity contribution in [2.45, 2.75) is 0 Å². The number of para-hydroxylation sites is 1. The molecule has 1 aliphatic rings. The average Bonchev–Trinajstić information content (AvgIpc) is 2.67. The van der Waals surface area contributed by atoms with Gasteiger partial charge in [0.25, 0.3) is 5.91 Å². The van der Waals surface area contributed by atoms with Gasteiger partial charge in [-0.05, 0) is 36.4 Å². The van der Waals surface area contributed by atoms with Gasteiger partial charge in [0.15, 0.2) is 11.6 Å². The molecule has 2 aromatic carbocycles. The van der Waals surface area contributed by atoms with Crippen molar-refractivity contribution in [3.8, 4) is 11.5 Å². The van der Waals surface area contributed by atoms with E-state index in [1.807, 2.05) is 11.0 Å². The molecule has 7 heteroatoms. The van der Waals surface area contributed by atoms with E-state index in [-0.39, 0.29) is 11.7 Å². The number of aromatic hydroxyl groups is 1. The number of hydrogen-bond acceptors (Lipinski definition) is 5. The Labute approximate surface area is 161 Å². The van der Waals surface area contributed by atoms with E-state index in [1.165, 1.54) is 12.1 Å². The monoisotopic (exact) mass is 381 g/mol. The lowest BCUT2D eigenvalue weighted by Crippen LogP contribution is -2.30. The van der Waals surface area contributed by atoms with Crippen LogP contribution in [-0.4, -0.2) is 29.1 Å². The Morgan fingerprint density at radius 2 is 2.04 bits per heavy atom. The summed E-state index contributed by atoms with van der Waals surface area (Å²) in [5, 5.41) is 12.9. The first-order chi connectivity index (χ1) is 13.1. The van der Waals surface area contributed by atoms with Gasteiger partial charge in [0.05, 0.1) is 22.8 Å². The Kier molecular flexibility index (Phi) is 4.56. The van der Waals surface area contributed by atoms with E-state index in [4.69, 9.17) is 16.3 Å². The van der Waals surface area contributed by atoms with Crippen LogP contribution in [0.25, 0.3) is 0 Å². The van der Waals surface area contributed by atoms with Crippen molar-refractivity contribution in [2.75, 3.05) is 23.4 Å². The van der Waals surface area contributed by atoms with Crippen LogP contribution in [0.3, 0.4) is 0 Å². The summed E-state index contributed by atoms with van der Waals surface area (Å²) in [6.07, 6.45) is 1.68. The highest BCUT2D eigenvalue weighted by molar-refractivity contribution is 6.33. The second-order valence-electron chi connectivity index (χ2n) is 5.97. The number of halogens is 1. The fraction of sp³-hybridized carbons (Fsp3) is 0.100. The Balaban J connectivity index is 1.70. The number of rotatable bonds is 3. The minimum Gasteiger partial charge on any atom is -0.508 e. The zero-order valence-electron chi connectivity index (χ0n) is 14.2. The lowest BCUT2D eigenvalue weighted by molar-refractivity contribution is 0.102. The lowest BCUT2D eigenvalue weighted by Gasteiger charge is -2.31. The third-order valence-corrected chi connectivity index (χ3v) is 4.48. The van der Waals surface area contributed by atoms with Crippen molar-refractivity contribution in [3.05, 3.63) is 71.4 Å². The molecule has 2 N–H and O–H groups in total. The summed E-state index contributed by atoms with van der Waals surface area (Å²) in [6, 6.07) is 15.3. The second-order valence-corrected chi connectivity index (χ2v) is 6.37. The summed E-state index contributed by atoms with van der Waals surface area (Å²) in [4.78, 5) is 19.1. The molecule has 0 aliphatic carbocycles. The predicted molar refractivity (Wildman–Crippen MR) is 104 cm³/mol. The molecule has 0 spiro atoms. The van der Waals surface area contributed by atoms with Crippen LogP contribution < -0.4 is 15.0 Å². The Bertz CT molecular complexity index is 1010. The van der Waals surface area contributed by atoms with Crippen LogP contribution >= 0.6 is 11.6 Å². The summed E-state index contributed by atoms with van der Waals surface area (Å²) in [7, 11) is 0. The molecule has 0 saturated heterocycles. The van der Waals surface area contributed by atoms with E-state index in [1.54, 1.807) is 42.6 Å². The first-order valence-electron chi connectivity index (χ1n) is 8.38. The van der Waals surface area contributed by atoms with Crippen molar-refractivity contribution in [1.29, 1.82) is 0 Å². The van der Waals surface area contributed by atoms with E-state index in [0.717, 1.165) is 5.69 Å². The number of benzene rings is 2. The van der Waals surface area contributed by atoms with Gasteiger partial charge in [0, 0.05) is 18.0 Å². The number of carbonyl (C=O) groups excluding carboxylic acids is 1. The molecule has 1 amide bonds. The normalized spacial score (nSPS) is 12.9. The van der Waals surface area contributed by atoms with Gasteiger partial charge in [-0.1, -0.05) is 23.7 Å². The topological polar surface area (TPSA) is 74.7 Å². The number of ether oxygens (including phenoxy) is 1. The van der Waals surface area contributed by atoms with Crippen molar-refractivity contribution in [3.63, 3.8) is 0 Å². The number of nitrogens with one attached hydrogen (secondary N) is 1. The van der Waals surface area contributed by atoms with Gasteiger partial charge in [-0.25, -0.2) is 4.98 Å². The summed E-state index contributed by atoms with van der Waals surface area (Å²) >= 11 is 6.30. The molecule has 4 rings (SSSR count). The molecule has 136 valence electrons. The summed E-state index contributed by atoms with van der Waals surface area (Å²) in [5.74, 6) is 0.846. The Morgan fingerprint density at radius 1 is 1.19 bits per heavy atom. The molecule has 0 unspecified atom stereocenters. The summed E-state index contributed by atoms with van der Waals surface area (Å²) in [6.45, 7) is 0.970. The molecule has 0 bridgehead atoms. The maximum atomic E-state index is 12.8. The molecule has 0 saturated carbocycles. The average molecular weight is 382 g/mol. The number of hydrogen-bond donors (Lipinski definition) is 2. The minimum atomic E-state index is -0.327. The predicted octanol–water partition coefficient (Wildman–Crippen LogP) is 4.22. The second kappa shape index (κ2) is 7.17. The van der Waals surface area contributed by atoms with Crippen LogP contribution in [0.1, 0.15) is 10.4 Å². The van der Waals surface area contributed by atoms with Crippen LogP contribution in [0.4, 0.5) is 17.2 Å². The maximum absolute atomic E-state index is 12.8. The number of pyridine rings is 1. The zero-order valence-corrected chi connectivity index (χ0v) is 15.0. The van der Waals surface area contributed by atoms with E-state index < -0.39 is 0 Å². The molecule has 27 heavy (non-hydrogen) atoms. The van der Waals surface area contributed by atoms with E-state index >= 15 is 0 Å². The fourth-order valence-electron chi connectivity index (χ4n) is 3.01. The lowest BCUT2D eigenvalue weighted by atomic mass is 10.1. The SMILES string of the molecule is O=C(Nc1cccc(O)c1)c1cccc2c1OCCN2c1ncccc1Cl. The first kappa shape index (κ1) is 17.2. The minimum absolute atomic E-state index is 0.0788. The van der Waals surface area contributed by atoms with Crippen LogP contribution in [-0.2, 0) is 0 Å². The van der Waals surface area contributed by atoms with Crippen LogP contribution in [0.15, 0.2) is 60.8 Å². The molecule has 1 aromatic heterocycles. The van der Waals surface area contributed by atoms with Crippen LogP contribution in [0, 0.1) is 0 Å². The zero-order chi connectivity index (χ0) is 18.8. The number of phenolic OH excluding ortho intramolecular Hbond substituents is 1. The van der Waals surface area contributed by atoms with Crippen molar-refractivity contribution in [1.82, 2.24) is 4.98 Å². The molecule has 6 nitrogen and oxygen atoms in total. The number of fused-ring (bicyclic) bond motifs is 1. The highest BCUT2D eigenvalue weighted by Crippen LogP contribution is 2.40. The van der Waals surface area contributed by atoms with Crippen molar-refractivity contribution >= 4 is 34.7 Å². The van der Waals surface area contributed by atoms with Gasteiger partial charge in [0.1, 0.15) is 12.4 Å². The number of carbonyl (C=O) groups is 1. The van der Waals surface area contributed by atoms with Gasteiger partial charge < -0.3 is 20.1 Å². The van der Waals surface area contributed by atoms with Gasteiger partial charge in [-0.2, -0.15) is 0 Å². The molecule has 0 atom stereocenters. The molecular weight excluding hydrogens is 366 g/mol. The van der Waals surface area contributed by atoms with Gasteiger partial charge in [-0.3, -0.25) is 4.79 Å². The van der Waals surface area contributed by atoms with Gasteiger partial charge in [0.2, 0.25) is 0 Å². The highest BCUT2D eigenvalue weighted by Gasteiger charge is 2.26. The number of anilines is 3. The third kappa shape index (κ3) is 3.39. The van der Waals surface area contributed by atoms with Gasteiger partial charge in [-0.15, -0.1) is 0 Å². The van der Waals surface area contributed by atoms with E-state index in [2.05, 4.69) is 10.3 Å². The maximum Gasteiger partial charge on any atom is 0.259 e. The highest BCUT2D eigenvalue weighted by atomic mass is 35.5. The smallest absolute Gasteiger partial charge is 0.259 e. The Hall–Kier alpha value is -3.25. The van der Waals surface area contributed by atoms with Gasteiger partial charge >= 0.3 is 0 Å². The fourth-order valence-corrected chi connectivity index (χ4v) is 3.23. The molecule has 3 aromatic rings. The number of aromatic nitrogens is 1. The number of phenols is 1. The van der Waals surface area contributed by atoms with E-state index in [0.29, 0.717) is 41.0 Å². The molecule has 1 aliphatic heterocycles. The third-order valence-electron chi connectivity index (χ3n) is 4.19. The quantitative estimate of drug-likeness (QED) is 0.710. The van der Waals surface area contributed by atoms with Crippen molar-refractivity contribution < 1.29 is 14.6 Å². The van der Waals surface area contributed by atoms with Crippen molar-refractivity contribution in [2.24, 2.45) is 0 Å². The first-order valence-corrected chi connectivity index (χ1v) is 8.75. The van der Waals surface area contributed by atoms with Crippen LogP contribution in [0.2, 0.25) is 5.02 Å². The molecule has 0 radical (unpaired) electrons. The molecule has 0 fully saturated rings. The molecular formula is C20H16ClN3O3.